The molecule has 0 N–H and O–H groups in total. The second-order valence-corrected chi connectivity index (χ2v) is 8.97. The summed E-state index contributed by atoms with van der Waals surface area (Å²) in [6.45, 7) is 12.1. The molecule has 3 atom stereocenters. The van der Waals surface area contributed by atoms with Crippen LogP contribution < -0.4 is 0 Å². The van der Waals surface area contributed by atoms with Crippen LogP contribution in [0.15, 0.2) is 60.7 Å². The minimum atomic E-state index is -0.365. The molecule has 30 heavy (non-hydrogen) atoms. The van der Waals surface area contributed by atoms with E-state index >= 15 is 0 Å². The van der Waals surface area contributed by atoms with E-state index in [-0.39, 0.29) is 23.0 Å². The lowest BCUT2D eigenvalue weighted by molar-refractivity contribution is -0.286. The van der Waals surface area contributed by atoms with Crippen molar-refractivity contribution in [3.05, 3.63) is 71.8 Å². The zero-order valence-corrected chi connectivity index (χ0v) is 19.1. The zero-order valence-electron chi connectivity index (χ0n) is 19.1. The molecule has 0 aromatic heterocycles. The van der Waals surface area contributed by atoms with Gasteiger partial charge >= 0.3 is 0 Å². The van der Waals surface area contributed by atoms with E-state index in [2.05, 4.69) is 68.8 Å². The summed E-state index contributed by atoms with van der Waals surface area (Å²) in [5, 5.41) is 2.17. The molecule has 162 valence electrons. The van der Waals surface area contributed by atoms with Crippen molar-refractivity contribution >= 4 is 5.91 Å². The molecule has 1 amide bonds. The molecule has 1 aliphatic heterocycles. The lowest BCUT2D eigenvalue weighted by Crippen LogP contribution is -2.62. The van der Waals surface area contributed by atoms with E-state index < -0.39 is 0 Å². The molecule has 1 fully saturated rings. The minimum absolute atomic E-state index is 0.0133. The maximum Gasteiger partial charge on any atom is 0.225 e. The molecular formula is C26H36N2O2. The molecule has 2 aromatic rings. The van der Waals surface area contributed by atoms with Crippen LogP contribution in [-0.4, -0.2) is 33.0 Å². The molecule has 4 nitrogen and oxygen atoms in total. The predicted octanol–water partition coefficient (Wildman–Crippen LogP) is 5.58. The van der Waals surface area contributed by atoms with Gasteiger partial charge in [0.15, 0.2) is 0 Å². The Hall–Kier alpha value is -2.17. The molecule has 0 bridgehead atoms. The highest BCUT2D eigenvalue weighted by Gasteiger charge is 2.52. The average molecular weight is 409 g/mol. The number of carbonyl (C=O) groups is 1. The standard InChI is InChI=1S/C26H36N2O2/c1-6-25(4)18-24(29)27(19-22-14-10-8-11-15-22)21(3)26(5,7-2)28(25)30-20-23-16-12-9-13-17-23/h8-17,21H,6-7,18-20H2,1-5H3. The summed E-state index contributed by atoms with van der Waals surface area (Å²) < 4.78 is 0. The van der Waals surface area contributed by atoms with Gasteiger partial charge in [0.25, 0.3) is 0 Å². The number of hydrogen-bond donors (Lipinski definition) is 0. The van der Waals surface area contributed by atoms with Crippen molar-refractivity contribution in [1.29, 1.82) is 0 Å². The summed E-state index contributed by atoms with van der Waals surface area (Å²) in [6.07, 6.45) is 2.18. The second kappa shape index (κ2) is 9.32. The fourth-order valence-corrected chi connectivity index (χ4v) is 4.57. The van der Waals surface area contributed by atoms with Crippen molar-refractivity contribution in [3.63, 3.8) is 0 Å². The second-order valence-electron chi connectivity index (χ2n) is 8.97. The van der Waals surface area contributed by atoms with E-state index in [0.717, 1.165) is 24.0 Å². The molecular weight excluding hydrogens is 372 g/mol. The number of nitrogens with zero attached hydrogens (tertiary/aromatic N) is 2. The quantitative estimate of drug-likeness (QED) is 0.600. The van der Waals surface area contributed by atoms with Gasteiger partial charge in [-0.3, -0.25) is 9.63 Å². The summed E-state index contributed by atoms with van der Waals surface area (Å²) in [6, 6.07) is 20.5. The number of carbonyl (C=O) groups excluding carboxylic acids is 1. The van der Waals surface area contributed by atoms with Gasteiger partial charge in [0.1, 0.15) is 0 Å². The topological polar surface area (TPSA) is 32.8 Å². The van der Waals surface area contributed by atoms with Gasteiger partial charge in [-0.15, -0.1) is 0 Å². The van der Waals surface area contributed by atoms with Crippen molar-refractivity contribution in [2.24, 2.45) is 0 Å². The van der Waals surface area contributed by atoms with Crippen molar-refractivity contribution in [3.8, 4) is 0 Å². The Morgan fingerprint density at radius 2 is 1.50 bits per heavy atom. The van der Waals surface area contributed by atoms with Crippen LogP contribution in [0.25, 0.3) is 0 Å². The van der Waals surface area contributed by atoms with Gasteiger partial charge in [0, 0.05) is 19.0 Å². The Balaban J connectivity index is 1.95. The van der Waals surface area contributed by atoms with Gasteiger partial charge in [-0.1, -0.05) is 74.5 Å². The number of hydroxylamine groups is 2. The highest BCUT2D eigenvalue weighted by atomic mass is 16.7. The summed E-state index contributed by atoms with van der Waals surface area (Å²) in [4.78, 5) is 22.1. The van der Waals surface area contributed by atoms with E-state index in [1.807, 2.05) is 36.4 Å². The maximum absolute atomic E-state index is 13.5. The minimum Gasteiger partial charge on any atom is -0.334 e. The van der Waals surface area contributed by atoms with Gasteiger partial charge in [0.2, 0.25) is 5.91 Å². The van der Waals surface area contributed by atoms with E-state index in [4.69, 9.17) is 4.84 Å². The third-order valence-electron chi connectivity index (χ3n) is 7.05. The first-order valence-electron chi connectivity index (χ1n) is 11.1. The molecule has 1 saturated heterocycles. The molecule has 0 radical (unpaired) electrons. The third kappa shape index (κ3) is 4.45. The normalized spacial score (nSPS) is 27.8. The maximum atomic E-state index is 13.5. The van der Waals surface area contributed by atoms with Gasteiger partial charge in [0.05, 0.1) is 17.7 Å². The van der Waals surface area contributed by atoms with Crippen LogP contribution in [0.3, 0.4) is 0 Å². The van der Waals surface area contributed by atoms with Crippen LogP contribution in [0, 0.1) is 0 Å². The summed E-state index contributed by atoms with van der Waals surface area (Å²) in [5.74, 6) is 0.196. The van der Waals surface area contributed by atoms with Crippen LogP contribution in [0.2, 0.25) is 0 Å². The fourth-order valence-electron chi connectivity index (χ4n) is 4.57. The molecule has 1 heterocycles. The summed E-state index contributed by atoms with van der Waals surface area (Å²) in [5.41, 5.74) is 1.63. The highest BCUT2D eigenvalue weighted by molar-refractivity contribution is 5.78. The van der Waals surface area contributed by atoms with Crippen molar-refractivity contribution in [1.82, 2.24) is 9.96 Å². The molecule has 0 aliphatic carbocycles. The van der Waals surface area contributed by atoms with Crippen LogP contribution in [0.1, 0.15) is 65.0 Å². The third-order valence-corrected chi connectivity index (χ3v) is 7.05. The van der Waals surface area contributed by atoms with E-state index in [9.17, 15) is 4.79 Å². The van der Waals surface area contributed by atoms with E-state index in [1.54, 1.807) is 0 Å². The first kappa shape index (κ1) is 22.5. The monoisotopic (exact) mass is 408 g/mol. The molecule has 0 saturated carbocycles. The van der Waals surface area contributed by atoms with Crippen LogP contribution >= 0.6 is 0 Å². The predicted molar refractivity (Wildman–Crippen MR) is 122 cm³/mol. The van der Waals surface area contributed by atoms with Crippen LogP contribution in [-0.2, 0) is 22.8 Å². The number of hydrogen-bond acceptors (Lipinski definition) is 3. The fraction of sp³-hybridized carbons (Fsp3) is 0.500. The Labute approximate surface area is 181 Å². The van der Waals surface area contributed by atoms with Crippen LogP contribution in [0.4, 0.5) is 0 Å². The molecule has 3 rings (SSSR count). The Kier molecular flexibility index (Phi) is 6.99. The largest absolute Gasteiger partial charge is 0.334 e. The van der Waals surface area contributed by atoms with Gasteiger partial charge in [-0.25, -0.2) is 0 Å². The molecule has 4 heteroatoms. The Morgan fingerprint density at radius 1 is 0.933 bits per heavy atom. The average Bonchev–Trinajstić information content (AvgIpc) is 2.82. The van der Waals surface area contributed by atoms with Crippen molar-refractivity contribution in [2.75, 3.05) is 0 Å². The first-order chi connectivity index (χ1) is 14.3. The van der Waals surface area contributed by atoms with Gasteiger partial charge in [-0.05, 0) is 44.7 Å². The summed E-state index contributed by atoms with van der Waals surface area (Å²) >= 11 is 0. The Morgan fingerprint density at radius 3 is 2.03 bits per heavy atom. The molecule has 0 spiro atoms. The number of benzene rings is 2. The highest BCUT2D eigenvalue weighted by Crippen LogP contribution is 2.41. The zero-order chi connectivity index (χ0) is 21.8. The van der Waals surface area contributed by atoms with Crippen molar-refractivity contribution < 1.29 is 9.63 Å². The smallest absolute Gasteiger partial charge is 0.225 e. The van der Waals surface area contributed by atoms with E-state index in [1.165, 1.54) is 0 Å². The van der Waals surface area contributed by atoms with Gasteiger partial charge in [-0.2, -0.15) is 5.06 Å². The molecule has 3 unspecified atom stereocenters. The summed E-state index contributed by atoms with van der Waals surface area (Å²) in [7, 11) is 0. The lowest BCUT2D eigenvalue weighted by atomic mass is 9.84. The molecule has 2 aromatic carbocycles. The van der Waals surface area contributed by atoms with Crippen LogP contribution in [0.5, 0.6) is 0 Å². The van der Waals surface area contributed by atoms with Gasteiger partial charge < -0.3 is 4.90 Å². The lowest BCUT2D eigenvalue weighted by Gasteiger charge is -2.50. The number of rotatable bonds is 7. The first-order valence-corrected chi connectivity index (χ1v) is 11.1. The Bertz CT molecular complexity index is 825. The molecule has 1 aliphatic rings. The number of amides is 1. The van der Waals surface area contributed by atoms with E-state index in [0.29, 0.717) is 19.6 Å². The van der Waals surface area contributed by atoms with Crippen molar-refractivity contribution in [2.45, 2.75) is 84.2 Å². The SMILES string of the molecule is CCC1(C)CC(=O)N(Cc2ccccc2)C(C)C(C)(CC)N1OCc1ccccc1.